The number of aryl methyl sites for hydroxylation is 1. The maximum Gasteiger partial charge on any atom is 0.303 e. The van der Waals surface area contributed by atoms with E-state index in [2.05, 4.69) is 4.98 Å². The number of pyridine rings is 2. The fourth-order valence-electron chi connectivity index (χ4n) is 3.24. The highest BCUT2D eigenvalue weighted by molar-refractivity contribution is 6.30. The summed E-state index contributed by atoms with van der Waals surface area (Å²) in [6.07, 6.45) is -0.0477. The van der Waals surface area contributed by atoms with Crippen molar-refractivity contribution in [2.45, 2.75) is 32.9 Å². The van der Waals surface area contributed by atoms with Gasteiger partial charge in [0.2, 0.25) is 0 Å². The van der Waals surface area contributed by atoms with E-state index in [4.69, 9.17) is 16.7 Å². The van der Waals surface area contributed by atoms with Gasteiger partial charge in [-0.05, 0) is 43.2 Å². The molecule has 0 saturated carbocycles. The standard InChI is InChI=1S/C20H19ClN2O4/c1-2-23-19-15(7-6-14(11-24)22-19)18(12-4-3-5-13(21)10-12)16(20(23)27)8-9-17(25)26/h3-7,10,24H,2,8-9,11H2,1H3,(H,25,26). The predicted octanol–water partition coefficient (Wildman–Crippen LogP) is 3.25. The molecule has 0 atom stereocenters. The predicted molar refractivity (Wildman–Crippen MR) is 104 cm³/mol. The van der Waals surface area contributed by atoms with Crippen LogP contribution < -0.4 is 5.56 Å². The first-order valence-corrected chi connectivity index (χ1v) is 8.98. The van der Waals surface area contributed by atoms with Crippen LogP contribution in [-0.4, -0.2) is 25.7 Å². The highest BCUT2D eigenvalue weighted by Crippen LogP contribution is 2.32. The van der Waals surface area contributed by atoms with Gasteiger partial charge < -0.3 is 10.2 Å². The molecule has 1 aromatic carbocycles. The van der Waals surface area contributed by atoms with E-state index in [-0.39, 0.29) is 25.0 Å². The zero-order valence-corrected chi connectivity index (χ0v) is 15.5. The number of hydrogen-bond acceptors (Lipinski definition) is 4. The number of carboxylic acids is 1. The van der Waals surface area contributed by atoms with Gasteiger partial charge in [-0.1, -0.05) is 23.7 Å². The number of rotatable bonds is 6. The average molecular weight is 387 g/mol. The Hall–Kier alpha value is -2.70. The van der Waals surface area contributed by atoms with Crippen LogP contribution in [0.2, 0.25) is 5.02 Å². The fraction of sp³-hybridized carbons (Fsp3) is 0.250. The molecular weight excluding hydrogens is 368 g/mol. The lowest BCUT2D eigenvalue weighted by Crippen LogP contribution is -2.26. The lowest BCUT2D eigenvalue weighted by Gasteiger charge is -2.17. The van der Waals surface area contributed by atoms with E-state index in [1.54, 1.807) is 30.3 Å². The molecule has 3 aromatic rings. The second kappa shape index (κ2) is 7.90. The number of halogens is 1. The number of carbonyl (C=O) groups is 1. The van der Waals surface area contributed by atoms with E-state index < -0.39 is 5.97 Å². The minimum absolute atomic E-state index is 0.105. The van der Waals surface area contributed by atoms with Crippen LogP contribution in [0.1, 0.15) is 24.6 Å². The Bertz CT molecular complexity index is 1080. The van der Waals surface area contributed by atoms with Crippen LogP contribution >= 0.6 is 11.6 Å². The van der Waals surface area contributed by atoms with Crippen LogP contribution in [-0.2, 0) is 24.4 Å². The Morgan fingerprint density at radius 3 is 2.67 bits per heavy atom. The van der Waals surface area contributed by atoms with E-state index in [1.165, 1.54) is 4.57 Å². The number of carboxylic acid groups (broad SMARTS) is 1. The molecule has 0 saturated heterocycles. The van der Waals surface area contributed by atoms with Crippen molar-refractivity contribution in [1.82, 2.24) is 9.55 Å². The van der Waals surface area contributed by atoms with E-state index in [9.17, 15) is 14.7 Å². The number of aliphatic hydroxyl groups is 1. The molecule has 2 heterocycles. The highest BCUT2D eigenvalue weighted by Gasteiger charge is 2.19. The summed E-state index contributed by atoms with van der Waals surface area (Å²) in [6.45, 7) is 1.97. The number of aromatic nitrogens is 2. The number of benzene rings is 1. The van der Waals surface area contributed by atoms with Gasteiger partial charge in [-0.25, -0.2) is 4.98 Å². The number of aliphatic hydroxyl groups excluding tert-OH is 1. The summed E-state index contributed by atoms with van der Waals surface area (Å²) >= 11 is 6.15. The largest absolute Gasteiger partial charge is 0.481 e. The van der Waals surface area contributed by atoms with Gasteiger partial charge in [0.05, 0.1) is 12.3 Å². The Labute approximate surface area is 160 Å². The Balaban J connectivity index is 2.42. The molecule has 0 fully saturated rings. The van der Waals surface area contributed by atoms with Crippen LogP contribution in [0.3, 0.4) is 0 Å². The number of fused-ring (bicyclic) bond motifs is 1. The van der Waals surface area contributed by atoms with E-state index in [1.807, 2.05) is 13.0 Å². The number of aliphatic carboxylic acids is 1. The summed E-state index contributed by atoms with van der Waals surface area (Å²) in [7, 11) is 0. The van der Waals surface area contributed by atoms with Crippen molar-refractivity contribution in [3.63, 3.8) is 0 Å². The Morgan fingerprint density at radius 2 is 2.04 bits per heavy atom. The maximum atomic E-state index is 13.1. The first kappa shape index (κ1) is 19.1. The van der Waals surface area contributed by atoms with Crippen molar-refractivity contribution in [3.8, 4) is 11.1 Å². The average Bonchev–Trinajstić information content (AvgIpc) is 2.65. The third kappa shape index (κ3) is 3.72. The third-order valence-corrected chi connectivity index (χ3v) is 4.68. The van der Waals surface area contributed by atoms with Crippen LogP contribution in [0.5, 0.6) is 0 Å². The molecule has 140 valence electrons. The molecule has 0 aliphatic heterocycles. The van der Waals surface area contributed by atoms with Gasteiger partial charge in [0, 0.05) is 34.5 Å². The molecule has 6 nitrogen and oxygen atoms in total. The highest BCUT2D eigenvalue weighted by atomic mass is 35.5. The molecule has 27 heavy (non-hydrogen) atoms. The van der Waals surface area contributed by atoms with Crippen molar-refractivity contribution < 1.29 is 15.0 Å². The quantitative estimate of drug-likeness (QED) is 0.678. The van der Waals surface area contributed by atoms with Crippen LogP contribution in [0.25, 0.3) is 22.2 Å². The van der Waals surface area contributed by atoms with Gasteiger partial charge in [-0.2, -0.15) is 0 Å². The molecule has 3 rings (SSSR count). The smallest absolute Gasteiger partial charge is 0.303 e. The van der Waals surface area contributed by atoms with Gasteiger partial charge in [-0.15, -0.1) is 0 Å². The maximum absolute atomic E-state index is 13.1. The van der Waals surface area contributed by atoms with Gasteiger partial charge in [-0.3, -0.25) is 14.2 Å². The first-order chi connectivity index (χ1) is 13.0. The second-order valence-corrected chi connectivity index (χ2v) is 6.58. The third-order valence-electron chi connectivity index (χ3n) is 4.44. The SMILES string of the molecule is CCn1c(=O)c(CCC(=O)O)c(-c2cccc(Cl)c2)c2ccc(CO)nc21. The van der Waals surface area contributed by atoms with Gasteiger partial charge in [0.25, 0.3) is 5.56 Å². The van der Waals surface area contributed by atoms with Crippen LogP contribution in [0.4, 0.5) is 0 Å². The molecule has 2 N–H and O–H groups in total. The van der Waals surface area contributed by atoms with Crippen LogP contribution in [0, 0.1) is 0 Å². The number of hydrogen-bond donors (Lipinski definition) is 2. The Morgan fingerprint density at radius 1 is 1.26 bits per heavy atom. The van der Waals surface area contributed by atoms with Crippen molar-refractivity contribution in [2.75, 3.05) is 0 Å². The van der Waals surface area contributed by atoms with E-state index in [0.29, 0.717) is 34.0 Å². The van der Waals surface area contributed by atoms with Crippen LogP contribution in [0.15, 0.2) is 41.2 Å². The van der Waals surface area contributed by atoms with E-state index >= 15 is 0 Å². The Kier molecular flexibility index (Phi) is 5.58. The summed E-state index contributed by atoms with van der Waals surface area (Å²) in [5.41, 5.74) is 2.44. The summed E-state index contributed by atoms with van der Waals surface area (Å²) in [4.78, 5) is 28.7. The molecule has 0 unspecified atom stereocenters. The number of nitrogens with zero attached hydrogens (tertiary/aromatic N) is 2. The van der Waals surface area contributed by atoms with Crippen molar-refractivity contribution in [3.05, 3.63) is 63.0 Å². The zero-order valence-electron chi connectivity index (χ0n) is 14.8. The van der Waals surface area contributed by atoms with E-state index in [0.717, 1.165) is 10.9 Å². The van der Waals surface area contributed by atoms with Gasteiger partial charge in [0.15, 0.2) is 0 Å². The zero-order chi connectivity index (χ0) is 19.6. The first-order valence-electron chi connectivity index (χ1n) is 8.60. The summed E-state index contributed by atoms with van der Waals surface area (Å²) in [6, 6.07) is 10.6. The molecule has 7 heteroatoms. The van der Waals surface area contributed by atoms with Gasteiger partial charge >= 0.3 is 5.97 Å². The lowest BCUT2D eigenvalue weighted by atomic mass is 9.94. The van der Waals surface area contributed by atoms with Crippen molar-refractivity contribution >= 4 is 28.6 Å². The molecule has 2 aromatic heterocycles. The minimum Gasteiger partial charge on any atom is -0.481 e. The normalized spacial score (nSPS) is 11.1. The molecule has 0 radical (unpaired) electrons. The summed E-state index contributed by atoms with van der Waals surface area (Å²) in [5.74, 6) is -0.969. The molecule has 0 bridgehead atoms. The topological polar surface area (TPSA) is 92.4 Å². The second-order valence-electron chi connectivity index (χ2n) is 6.14. The lowest BCUT2D eigenvalue weighted by molar-refractivity contribution is -0.136. The summed E-state index contributed by atoms with van der Waals surface area (Å²) in [5, 5.41) is 19.8. The molecular formula is C20H19ClN2O4. The molecule has 0 amide bonds. The minimum atomic E-state index is -0.969. The molecule has 0 aliphatic carbocycles. The monoisotopic (exact) mass is 386 g/mol. The summed E-state index contributed by atoms with van der Waals surface area (Å²) < 4.78 is 1.51. The molecule has 0 spiro atoms. The van der Waals surface area contributed by atoms with Crippen molar-refractivity contribution in [2.24, 2.45) is 0 Å². The molecule has 0 aliphatic rings. The van der Waals surface area contributed by atoms with Crippen molar-refractivity contribution in [1.29, 1.82) is 0 Å². The fourth-order valence-corrected chi connectivity index (χ4v) is 3.43. The van der Waals surface area contributed by atoms with Gasteiger partial charge in [0.1, 0.15) is 5.65 Å².